The van der Waals surface area contributed by atoms with Gasteiger partial charge in [0.25, 0.3) is 0 Å². The molecule has 2 amide bonds. The number of oxazole rings is 1. The highest BCUT2D eigenvalue weighted by molar-refractivity contribution is 5.93. The quantitative estimate of drug-likeness (QED) is 0.750. The van der Waals surface area contributed by atoms with E-state index in [1.165, 1.54) is 4.90 Å². The van der Waals surface area contributed by atoms with Crippen LogP contribution in [-0.2, 0) is 0 Å². The lowest BCUT2D eigenvalue weighted by Crippen LogP contribution is -2.34. The van der Waals surface area contributed by atoms with Crippen molar-refractivity contribution < 1.29 is 9.21 Å². The largest absolute Gasteiger partial charge is 0.417 e. The van der Waals surface area contributed by atoms with Gasteiger partial charge in [-0.1, -0.05) is 0 Å². The Labute approximate surface area is 90.9 Å². The molecule has 0 saturated heterocycles. The second-order valence-corrected chi connectivity index (χ2v) is 3.31. The van der Waals surface area contributed by atoms with Gasteiger partial charge in [0.1, 0.15) is 0 Å². The van der Waals surface area contributed by atoms with Crippen LogP contribution in [0.3, 0.4) is 0 Å². The van der Waals surface area contributed by atoms with Gasteiger partial charge in [0.2, 0.25) is 0 Å². The number of hydrogen-bond acceptors (Lipinski definition) is 3. The van der Waals surface area contributed by atoms with Crippen molar-refractivity contribution in [1.82, 2.24) is 10.3 Å². The predicted octanol–water partition coefficient (Wildman–Crippen LogP) is 0.897. The van der Waals surface area contributed by atoms with Crippen LogP contribution in [0.15, 0.2) is 27.4 Å². The molecule has 0 aliphatic heterocycles. The third kappa shape index (κ3) is 1.65. The van der Waals surface area contributed by atoms with Crippen LogP contribution in [0, 0.1) is 0 Å². The first-order chi connectivity index (χ1) is 7.61. The molecule has 0 fully saturated rings. The molecule has 0 atom stereocenters. The summed E-state index contributed by atoms with van der Waals surface area (Å²) in [5.41, 5.74) is 1.71. The van der Waals surface area contributed by atoms with Crippen molar-refractivity contribution in [3.05, 3.63) is 28.7 Å². The number of nitrogens with zero attached hydrogens (tertiary/aromatic N) is 1. The average molecular weight is 221 g/mol. The lowest BCUT2D eigenvalue weighted by molar-refractivity contribution is 0.249. The fourth-order valence-corrected chi connectivity index (χ4v) is 1.43. The molecule has 2 aromatic rings. The van der Waals surface area contributed by atoms with E-state index in [0.29, 0.717) is 16.8 Å². The van der Waals surface area contributed by atoms with E-state index in [0.717, 1.165) is 0 Å². The molecule has 1 heterocycles. The van der Waals surface area contributed by atoms with Crippen molar-refractivity contribution in [2.24, 2.45) is 0 Å². The van der Waals surface area contributed by atoms with Crippen LogP contribution >= 0.6 is 0 Å². The third-order valence-electron chi connectivity index (χ3n) is 2.31. The molecule has 2 N–H and O–H groups in total. The number of carbonyl (C=O) groups is 1. The van der Waals surface area contributed by atoms with E-state index in [9.17, 15) is 9.59 Å². The van der Waals surface area contributed by atoms with Gasteiger partial charge in [0, 0.05) is 19.8 Å². The van der Waals surface area contributed by atoms with E-state index in [1.807, 2.05) is 0 Å². The number of fused-ring (bicyclic) bond motifs is 1. The minimum absolute atomic E-state index is 0.231. The van der Waals surface area contributed by atoms with Crippen LogP contribution in [0.25, 0.3) is 11.1 Å². The van der Waals surface area contributed by atoms with Gasteiger partial charge in [-0.05, 0) is 18.2 Å². The highest BCUT2D eigenvalue weighted by atomic mass is 16.4. The second kappa shape index (κ2) is 3.73. The molecule has 0 spiro atoms. The zero-order valence-corrected chi connectivity index (χ0v) is 8.90. The maximum atomic E-state index is 11.4. The molecule has 0 bridgehead atoms. The number of amides is 2. The molecule has 0 unspecified atom stereocenters. The summed E-state index contributed by atoms with van der Waals surface area (Å²) in [6, 6.07) is 4.79. The SMILES string of the molecule is CNC(=O)N(C)c1ccc2oc(=O)[nH]c2c1. The fraction of sp³-hybridized carbons (Fsp3) is 0.200. The normalized spacial score (nSPS) is 10.4. The Morgan fingerprint density at radius 1 is 1.50 bits per heavy atom. The van der Waals surface area contributed by atoms with Gasteiger partial charge in [-0.3, -0.25) is 9.88 Å². The van der Waals surface area contributed by atoms with Gasteiger partial charge in [0.15, 0.2) is 5.58 Å². The molecule has 1 aromatic heterocycles. The van der Waals surface area contributed by atoms with Crippen molar-refractivity contribution in [2.75, 3.05) is 19.0 Å². The number of carbonyl (C=O) groups excluding carboxylic acids is 1. The summed E-state index contributed by atoms with van der Waals surface area (Å²) in [6.45, 7) is 0. The average Bonchev–Trinajstić information content (AvgIpc) is 2.65. The molecular formula is C10H11N3O3. The number of urea groups is 1. The molecule has 6 heteroatoms. The Kier molecular flexibility index (Phi) is 2.40. The molecule has 6 nitrogen and oxygen atoms in total. The number of H-pyrrole nitrogens is 1. The molecule has 0 saturated carbocycles. The topological polar surface area (TPSA) is 78.3 Å². The number of anilines is 1. The van der Waals surface area contributed by atoms with Crippen molar-refractivity contribution in [3.63, 3.8) is 0 Å². The van der Waals surface area contributed by atoms with Crippen LogP contribution in [0.4, 0.5) is 10.5 Å². The maximum absolute atomic E-state index is 11.4. The summed E-state index contributed by atoms with van der Waals surface area (Å²) in [4.78, 5) is 26.3. The van der Waals surface area contributed by atoms with E-state index < -0.39 is 5.76 Å². The van der Waals surface area contributed by atoms with Crippen molar-refractivity contribution in [2.45, 2.75) is 0 Å². The fourth-order valence-electron chi connectivity index (χ4n) is 1.43. The number of hydrogen-bond donors (Lipinski definition) is 2. The zero-order chi connectivity index (χ0) is 11.7. The minimum atomic E-state index is -0.505. The van der Waals surface area contributed by atoms with Gasteiger partial charge >= 0.3 is 11.8 Å². The third-order valence-corrected chi connectivity index (χ3v) is 2.31. The molecule has 2 rings (SSSR count). The lowest BCUT2D eigenvalue weighted by atomic mass is 10.2. The first-order valence-electron chi connectivity index (χ1n) is 4.70. The highest BCUT2D eigenvalue weighted by Gasteiger charge is 2.10. The molecule has 0 aliphatic carbocycles. The summed E-state index contributed by atoms with van der Waals surface area (Å²) < 4.78 is 4.86. The monoisotopic (exact) mass is 221 g/mol. The Bertz CT molecular complexity index is 584. The van der Waals surface area contributed by atoms with E-state index >= 15 is 0 Å². The van der Waals surface area contributed by atoms with Gasteiger partial charge in [-0.2, -0.15) is 0 Å². The van der Waals surface area contributed by atoms with Crippen LogP contribution in [0.5, 0.6) is 0 Å². The molecule has 84 valence electrons. The molecule has 0 radical (unpaired) electrons. The lowest BCUT2D eigenvalue weighted by Gasteiger charge is -2.16. The smallest absolute Gasteiger partial charge is 0.408 e. The Hall–Kier alpha value is -2.24. The number of rotatable bonds is 1. The molecule has 0 aliphatic rings. The Balaban J connectivity index is 2.46. The number of nitrogens with one attached hydrogen (secondary N) is 2. The van der Waals surface area contributed by atoms with Crippen LogP contribution < -0.4 is 16.0 Å². The number of aromatic amines is 1. The highest BCUT2D eigenvalue weighted by Crippen LogP contribution is 2.18. The molecular weight excluding hydrogens is 210 g/mol. The molecule has 16 heavy (non-hydrogen) atoms. The van der Waals surface area contributed by atoms with Crippen LogP contribution in [0.1, 0.15) is 0 Å². The summed E-state index contributed by atoms with van der Waals surface area (Å²) in [5, 5.41) is 2.51. The van der Waals surface area contributed by atoms with Crippen molar-refractivity contribution in [1.29, 1.82) is 0 Å². The number of benzene rings is 1. The minimum Gasteiger partial charge on any atom is -0.408 e. The summed E-state index contributed by atoms with van der Waals surface area (Å²) >= 11 is 0. The van der Waals surface area contributed by atoms with Crippen molar-refractivity contribution in [3.8, 4) is 0 Å². The van der Waals surface area contributed by atoms with Crippen molar-refractivity contribution >= 4 is 22.8 Å². The Morgan fingerprint density at radius 3 is 2.94 bits per heavy atom. The zero-order valence-electron chi connectivity index (χ0n) is 8.90. The number of aromatic nitrogens is 1. The van der Waals surface area contributed by atoms with E-state index in [1.54, 1.807) is 32.3 Å². The van der Waals surface area contributed by atoms with Gasteiger partial charge in [-0.15, -0.1) is 0 Å². The summed E-state index contributed by atoms with van der Waals surface area (Å²) in [5.74, 6) is -0.505. The van der Waals surface area contributed by atoms with E-state index in [4.69, 9.17) is 4.42 Å². The second-order valence-electron chi connectivity index (χ2n) is 3.31. The van der Waals surface area contributed by atoms with Gasteiger partial charge < -0.3 is 9.73 Å². The van der Waals surface area contributed by atoms with E-state index in [2.05, 4.69) is 10.3 Å². The van der Waals surface area contributed by atoms with Crippen LogP contribution in [0.2, 0.25) is 0 Å². The van der Waals surface area contributed by atoms with Gasteiger partial charge in [0.05, 0.1) is 5.52 Å². The maximum Gasteiger partial charge on any atom is 0.417 e. The first-order valence-corrected chi connectivity index (χ1v) is 4.70. The van der Waals surface area contributed by atoms with Crippen LogP contribution in [-0.4, -0.2) is 25.1 Å². The predicted molar refractivity (Wildman–Crippen MR) is 59.7 cm³/mol. The Morgan fingerprint density at radius 2 is 2.25 bits per heavy atom. The summed E-state index contributed by atoms with van der Waals surface area (Å²) in [7, 11) is 3.19. The van der Waals surface area contributed by atoms with Gasteiger partial charge in [-0.25, -0.2) is 9.59 Å². The standard InChI is InChI=1S/C10H11N3O3/c1-11-9(14)13(2)6-3-4-8-7(5-6)12-10(15)16-8/h3-5H,1-2H3,(H,11,14)(H,12,15). The summed E-state index contributed by atoms with van der Waals surface area (Å²) in [6.07, 6.45) is 0. The first kappa shape index (κ1) is 10.3. The van der Waals surface area contributed by atoms with E-state index in [-0.39, 0.29) is 6.03 Å². The molecule has 1 aromatic carbocycles.